The van der Waals surface area contributed by atoms with Gasteiger partial charge >= 0.3 is 6.18 Å². The van der Waals surface area contributed by atoms with Gasteiger partial charge in [-0.3, -0.25) is 15.1 Å². The number of rotatable bonds is 6. The van der Waals surface area contributed by atoms with E-state index in [0.717, 1.165) is 31.4 Å². The zero-order chi connectivity index (χ0) is 28.4. The van der Waals surface area contributed by atoms with Crippen LogP contribution in [0.15, 0.2) is 59.9 Å². The van der Waals surface area contributed by atoms with Gasteiger partial charge in [0.2, 0.25) is 5.60 Å². The van der Waals surface area contributed by atoms with E-state index in [1.165, 1.54) is 6.07 Å². The molecule has 212 valence electrons. The molecule has 2 unspecified atom stereocenters. The van der Waals surface area contributed by atoms with E-state index >= 15 is 0 Å². The van der Waals surface area contributed by atoms with Crippen molar-refractivity contribution in [3.63, 3.8) is 0 Å². The molecular formula is C28H30F4N6O2. The second-order valence-electron chi connectivity index (χ2n) is 10.8. The Morgan fingerprint density at radius 2 is 1.82 bits per heavy atom. The maximum atomic E-state index is 14.9. The molecule has 2 aromatic rings. The van der Waals surface area contributed by atoms with Crippen LogP contribution in [0.4, 0.5) is 23.2 Å². The van der Waals surface area contributed by atoms with Gasteiger partial charge in [0.15, 0.2) is 6.29 Å². The van der Waals surface area contributed by atoms with Crippen LogP contribution in [-0.2, 0) is 21.7 Å². The standard InChI is InChI=1S/C28H30F4N6O2/c1-36-20-9-6-10-21(20)38-23(33)22(25(39)37(2)26(36)38)24(35-17-7-4-3-5-8-17)34-14-16-11-12-18(19(29)13-16)27(15-40-27)28(30,31)32/h3-5,7-8,11-13,20-21,26,33-35H,6,9-10,14-15H2,1-2H3/b24-22-,33-23?/t20-,21+,26?,27?/m1/s1. The first-order valence-corrected chi connectivity index (χ1v) is 13.2. The van der Waals surface area contributed by atoms with Crippen molar-refractivity contribution >= 4 is 17.4 Å². The summed E-state index contributed by atoms with van der Waals surface area (Å²) in [5, 5.41) is 15.5. The molecule has 12 heteroatoms. The minimum atomic E-state index is -4.72. The van der Waals surface area contributed by atoms with Crippen molar-refractivity contribution in [3.05, 3.63) is 76.9 Å². The molecule has 0 aromatic heterocycles. The fourth-order valence-corrected chi connectivity index (χ4v) is 6.33. The molecule has 3 heterocycles. The third-order valence-corrected chi connectivity index (χ3v) is 8.43. The van der Waals surface area contributed by atoms with Crippen molar-refractivity contribution < 1.29 is 27.1 Å². The zero-order valence-corrected chi connectivity index (χ0v) is 22.1. The number of nitrogens with zero attached hydrogens (tertiary/aromatic N) is 3. The minimum Gasteiger partial charge on any atom is -0.367 e. The summed E-state index contributed by atoms with van der Waals surface area (Å²) in [5.41, 5.74) is -1.98. The predicted molar refractivity (Wildman–Crippen MR) is 139 cm³/mol. The third kappa shape index (κ3) is 4.12. The summed E-state index contributed by atoms with van der Waals surface area (Å²) in [6.07, 6.45) is -2.12. The summed E-state index contributed by atoms with van der Waals surface area (Å²) < 4.78 is 59.9. The minimum absolute atomic E-state index is 0.00456. The van der Waals surface area contributed by atoms with Gasteiger partial charge in [-0.25, -0.2) is 4.39 Å². The predicted octanol–water partition coefficient (Wildman–Crippen LogP) is 3.93. The maximum absolute atomic E-state index is 14.9. The van der Waals surface area contributed by atoms with Gasteiger partial charge in [-0.15, -0.1) is 0 Å². The van der Waals surface area contributed by atoms with Gasteiger partial charge in [0.1, 0.15) is 23.0 Å². The second-order valence-corrected chi connectivity index (χ2v) is 10.8. The monoisotopic (exact) mass is 558 g/mol. The highest BCUT2D eigenvalue weighted by Gasteiger charge is 2.68. The molecule has 8 nitrogen and oxygen atoms in total. The number of carbonyl (C=O) groups excluding carboxylic acids is 1. The average Bonchev–Trinajstić information content (AvgIpc) is 3.51. The first kappa shape index (κ1) is 26.6. The Bertz CT molecular complexity index is 1380. The van der Waals surface area contributed by atoms with Gasteiger partial charge in [-0.05, 0) is 50.1 Å². The molecule has 1 saturated carbocycles. The molecule has 3 saturated heterocycles. The lowest BCUT2D eigenvalue weighted by molar-refractivity contribution is -0.187. The van der Waals surface area contributed by atoms with Gasteiger partial charge in [-0.1, -0.05) is 30.3 Å². The number of amides is 1. The van der Waals surface area contributed by atoms with Crippen LogP contribution in [-0.4, -0.2) is 71.7 Å². The van der Waals surface area contributed by atoms with Crippen molar-refractivity contribution in [2.75, 3.05) is 26.0 Å². The summed E-state index contributed by atoms with van der Waals surface area (Å²) in [6, 6.07) is 13.0. The molecule has 4 aliphatic rings. The number of anilines is 1. The van der Waals surface area contributed by atoms with Crippen molar-refractivity contribution in [1.29, 1.82) is 5.41 Å². The summed E-state index contributed by atoms with van der Waals surface area (Å²) >= 11 is 0. The summed E-state index contributed by atoms with van der Waals surface area (Å²) in [6.45, 7) is -0.621. The van der Waals surface area contributed by atoms with Gasteiger partial charge < -0.3 is 25.2 Å². The van der Waals surface area contributed by atoms with Crippen molar-refractivity contribution in [2.24, 2.45) is 0 Å². The van der Waals surface area contributed by atoms with Crippen LogP contribution in [0.5, 0.6) is 0 Å². The second kappa shape index (κ2) is 9.48. The molecule has 1 amide bonds. The first-order chi connectivity index (χ1) is 19.0. The number of ether oxygens (including phenoxy) is 1. The number of benzene rings is 2. The SMILES string of the molecule is CN1C(=O)/C(=C(/NCc2ccc(C3(C(F)(F)F)CO3)c(F)c2)Nc2ccccc2)C(=N)N2C1N(C)[C@@H]1CCC[C@@H]12. The molecular weight excluding hydrogens is 528 g/mol. The highest BCUT2D eigenvalue weighted by Crippen LogP contribution is 2.52. The summed E-state index contributed by atoms with van der Waals surface area (Å²) in [7, 11) is 3.70. The largest absolute Gasteiger partial charge is 0.424 e. The molecule has 4 fully saturated rings. The summed E-state index contributed by atoms with van der Waals surface area (Å²) in [5.74, 6) is -1.00. The van der Waals surface area contributed by atoms with E-state index in [1.807, 2.05) is 42.3 Å². The van der Waals surface area contributed by atoms with E-state index in [-0.39, 0.29) is 48.1 Å². The normalized spacial score (nSPS) is 29.4. The highest BCUT2D eigenvalue weighted by molar-refractivity contribution is 6.22. The fourth-order valence-electron chi connectivity index (χ4n) is 6.33. The Labute approximate surface area is 229 Å². The smallest absolute Gasteiger partial charge is 0.367 e. The lowest BCUT2D eigenvalue weighted by Crippen LogP contribution is -2.61. The number of fused-ring (bicyclic) bond motifs is 3. The van der Waals surface area contributed by atoms with E-state index in [2.05, 4.69) is 20.3 Å². The quantitative estimate of drug-likeness (QED) is 0.283. The van der Waals surface area contributed by atoms with Gasteiger partial charge in [0, 0.05) is 36.9 Å². The van der Waals surface area contributed by atoms with Crippen LogP contribution in [0.2, 0.25) is 0 Å². The maximum Gasteiger partial charge on any atom is 0.424 e. The van der Waals surface area contributed by atoms with Crippen molar-refractivity contribution in [3.8, 4) is 0 Å². The van der Waals surface area contributed by atoms with E-state index in [0.29, 0.717) is 11.3 Å². The van der Waals surface area contributed by atoms with E-state index in [9.17, 15) is 22.4 Å². The van der Waals surface area contributed by atoms with Crippen molar-refractivity contribution in [2.45, 2.75) is 56.0 Å². The van der Waals surface area contributed by atoms with Gasteiger partial charge in [-0.2, -0.15) is 13.2 Å². The van der Waals surface area contributed by atoms with Crippen LogP contribution in [0.25, 0.3) is 0 Å². The van der Waals surface area contributed by atoms with E-state index < -0.39 is 29.8 Å². The Kier molecular flexibility index (Phi) is 6.30. The number of amidine groups is 1. The Balaban J connectivity index is 1.33. The molecule has 1 aliphatic carbocycles. The fraction of sp³-hybridized carbons (Fsp3) is 0.429. The van der Waals surface area contributed by atoms with Crippen LogP contribution in [0.3, 0.4) is 0 Å². The number of alkyl halides is 3. The number of nitrogens with one attached hydrogen (secondary N) is 3. The molecule has 4 atom stereocenters. The molecule has 0 bridgehead atoms. The molecule has 6 rings (SSSR count). The van der Waals surface area contributed by atoms with E-state index in [1.54, 1.807) is 11.9 Å². The molecule has 2 aromatic carbocycles. The average molecular weight is 559 g/mol. The summed E-state index contributed by atoms with van der Waals surface area (Å²) in [4.78, 5) is 19.5. The first-order valence-electron chi connectivity index (χ1n) is 13.2. The van der Waals surface area contributed by atoms with E-state index in [4.69, 9.17) is 5.41 Å². The van der Waals surface area contributed by atoms with Gasteiger partial charge in [0.25, 0.3) is 5.91 Å². The van der Waals surface area contributed by atoms with Crippen LogP contribution in [0.1, 0.15) is 30.4 Å². The lowest BCUT2D eigenvalue weighted by Gasteiger charge is -2.44. The Morgan fingerprint density at radius 3 is 2.48 bits per heavy atom. The number of likely N-dealkylation sites (N-methyl/N-ethyl adjacent to an activating group) is 2. The number of epoxide rings is 1. The van der Waals surface area contributed by atoms with Crippen molar-refractivity contribution in [1.82, 2.24) is 20.0 Å². The number of halogens is 4. The number of para-hydroxylation sites is 1. The molecule has 40 heavy (non-hydrogen) atoms. The molecule has 3 N–H and O–H groups in total. The lowest BCUT2D eigenvalue weighted by atomic mass is 9.97. The number of carbonyl (C=O) groups is 1. The van der Waals surface area contributed by atoms with Crippen LogP contribution < -0.4 is 10.6 Å². The number of hydrogen-bond donors (Lipinski definition) is 3. The molecule has 0 spiro atoms. The topological polar surface area (TPSA) is 87.2 Å². The molecule has 3 aliphatic heterocycles. The highest BCUT2D eigenvalue weighted by atomic mass is 19.4. The molecule has 0 radical (unpaired) electrons. The third-order valence-electron chi connectivity index (χ3n) is 8.43. The number of hydrogen-bond acceptors (Lipinski definition) is 6. The Hall–Kier alpha value is -3.64. The van der Waals surface area contributed by atoms with Gasteiger partial charge in [0.05, 0.1) is 6.61 Å². The Morgan fingerprint density at radius 1 is 1.12 bits per heavy atom. The zero-order valence-electron chi connectivity index (χ0n) is 22.1. The van der Waals surface area contributed by atoms with Crippen LogP contribution >= 0.6 is 0 Å². The van der Waals surface area contributed by atoms with Crippen LogP contribution in [0, 0.1) is 11.2 Å².